The van der Waals surface area contributed by atoms with Crippen LogP contribution in [0.2, 0.25) is 0 Å². The number of carbonyl (C=O) groups excluding carboxylic acids is 2. The largest absolute Gasteiger partial charge is 0.354 e. The third kappa shape index (κ3) is 5.95. The summed E-state index contributed by atoms with van der Waals surface area (Å²) in [5.74, 6) is -0.0289. The topological polar surface area (TPSA) is 49.4 Å². The van der Waals surface area contributed by atoms with Gasteiger partial charge in [-0.3, -0.25) is 9.59 Å². The van der Waals surface area contributed by atoms with E-state index in [9.17, 15) is 9.59 Å². The lowest BCUT2D eigenvalue weighted by atomic mass is 10.0. The zero-order valence-electron chi connectivity index (χ0n) is 16.7. The predicted octanol–water partition coefficient (Wildman–Crippen LogP) is 4.18. The minimum atomic E-state index is -0.653. The summed E-state index contributed by atoms with van der Waals surface area (Å²) in [7, 11) is 0. The Kier molecular flexibility index (Phi) is 7.59. The van der Waals surface area contributed by atoms with Gasteiger partial charge in [0.05, 0.1) is 0 Å². The van der Waals surface area contributed by atoms with Crippen LogP contribution in [0.1, 0.15) is 44.9 Å². The van der Waals surface area contributed by atoms with Crippen LogP contribution in [0.5, 0.6) is 0 Å². The maximum atomic E-state index is 13.1. The van der Waals surface area contributed by atoms with E-state index >= 15 is 0 Å². The van der Waals surface area contributed by atoms with Gasteiger partial charge in [-0.05, 0) is 17.0 Å². The first kappa shape index (κ1) is 20.7. The molecule has 0 spiro atoms. The molecule has 4 heteroatoms. The van der Waals surface area contributed by atoms with E-state index in [4.69, 9.17) is 0 Å². The Balaban J connectivity index is 2.41. The molecule has 2 rings (SSSR count). The number of benzene rings is 2. The summed E-state index contributed by atoms with van der Waals surface area (Å²) in [6, 6.07) is 18.7. The van der Waals surface area contributed by atoms with Gasteiger partial charge in [-0.15, -0.1) is 0 Å². The molecule has 0 heterocycles. The van der Waals surface area contributed by atoms with Gasteiger partial charge in [0, 0.05) is 19.0 Å². The summed E-state index contributed by atoms with van der Waals surface area (Å²) < 4.78 is 0. The third-order valence-corrected chi connectivity index (χ3v) is 4.33. The highest BCUT2D eigenvalue weighted by atomic mass is 16.2. The summed E-state index contributed by atoms with van der Waals surface area (Å²) in [5.41, 5.74) is 1.83. The summed E-state index contributed by atoms with van der Waals surface area (Å²) in [4.78, 5) is 27.9. The number of hydrogen-bond acceptors (Lipinski definition) is 2. The van der Waals surface area contributed by atoms with Gasteiger partial charge in [0.2, 0.25) is 11.8 Å². The lowest BCUT2D eigenvalue weighted by molar-refractivity contribution is -0.144. The van der Waals surface area contributed by atoms with Gasteiger partial charge in [0.1, 0.15) is 6.04 Å². The molecule has 4 nitrogen and oxygen atoms in total. The molecule has 0 aliphatic rings. The Bertz CT molecular complexity index is 727. The first-order valence-corrected chi connectivity index (χ1v) is 9.57. The highest BCUT2D eigenvalue weighted by molar-refractivity contribution is 5.89. The van der Waals surface area contributed by atoms with Crippen LogP contribution in [0, 0.1) is 11.8 Å². The van der Waals surface area contributed by atoms with E-state index in [1.54, 1.807) is 4.90 Å². The Hall–Kier alpha value is -2.62. The average molecular weight is 367 g/mol. The zero-order chi connectivity index (χ0) is 19.8. The van der Waals surface area contributed by atoms with E-state index in [1.165, 1.54) is 0 Å². The van der Waals surface area contributed by atoms with Gasteiger partial charge in [-0.25, -0.2) is 0 Å². The van der Waals surface area contributed by atoms with Crippen LogP contribution in [0.3, 0.4) is 0 Å². The van der Waals surface area contributed by atoms with Crippen LogP contribution in [0.4, 0.5) is 0 Å². The lowest BCUT2D eigenvalue weighted by Gasteiger charge is -2.33. The molecule has 0 bridgehead atoms. The molecule has 0 aromatic heterocycles. The summed E-state index contributed by atoms with van der Waals surface area (Å²) >= 11 is 0. The predicted molar refractivity (Wildman–Crippen MR) is 109 cm³/mol. The standard InChI is InChI=1S/C23H30N2O2/c1-17(2)15-24-22(26)21(20-13-9-6-10-14-20)25(23(27)18(3)4)16-19-11-7-5-8-12-19/h5-14,17-18,21H,15-16H2,1-4H3,(H,24,26). The lowest BCUT2D eigenvalue weighted by Crippen LogP contribution is -2.45. The van der Waals surface area contributed by atoms with Gasteiger partial charge in [-0.2, -0.15) is 0 Å². The van der Waals surface area contributed by atoms with Crippen molar-refractivity contribution < 1.29 is 9.59 Å². The Morgan fingerprint density at radius 3 is 1.96 bits per heavy atom. The van der Waals surface area contributed by atoms with Crippen molar-refractivity contribution in [3.05, 3.63) is 71.8 Å². The highest BCUT2D eigenvalue weighted by Crippen LogP contribution is 2.25. The fraction of sp³-hybridized carbons (Fsp3) is 0.391. The molecule has 0 aliphatic carbocycles. The smallest absolute Gasteiger partial charge is 0.247 e. The van der Waals surface area contributed by atoms with Crippen molar-refractivity contribution in [2.45, 2.75) is 40.3 Å². The minimum absolute atomic E-state index is 0.0348. The summed E-state index contributed by atoms with van der Waals surface area (Å²) in [6.07, 6.45) is 0. The van der Waals surface area contributed by atoms with E-state index in [0.29, 0.717) is 19.0 Å². The van der Waals surface area contributed by atoms with E-state index in [-0.39, 0.29) is 17.7 Å². The monoisotopic (exact) mass is 366 g/mol. The van der Waals surface area contributed by atoms with Crippen LogP contribution >= 0.6 is 0 Å². The van der Waals surface area contributed by atoms with E-state index in [1.807, 2.05) is 74.5 Å². The first-order valence-electron chi connectivity index (χ1n) is 9.57. The molecule has 2 amide bonds. The Morgan fingerprint density at radius 2 is 1.44 bits per heavy atom. The van der Waals surface area contributed by atoms with Gasteiger partial charge in [0.15, 0.2) is 0 Å². The van der Waals surface area contributed by atoms with Crippen molar-refractivity contribution in [1.29, 1.82) is 0 Å². The van der Waals surface area contributed by atoms with E-state index in [2.05, 4.69) is 19.2 Å². The first-order chi connectivity index (χ1) is 12.9. The van der Waals surface area contributed by atoms with Crippen molar-refractivity contribution in [2.75, 3.05) is 6.54 Å². The van der Waals surface area contributed by atoms with Gasteiger partial charge in [0.25, 0.3) is 0 Å². The second-order valence-corrected chi connectivity index (χ2v) is 7.56. The number of carbonyl (C=O) groups is 2. The molecule has 0 fully saturated rings. The molecule has 1 unspecified atom stereocenters. The molecule has 2 aromatic rings. The summed E-state index contributed by atoms with van der Waals surface area (Å²) in [5, 5.41) is 3.01. The molecule has 27 heavy (non-hydrogen) atoms. The molecular weight excluding hydrogens is 336 g/mol. The Morgan fingerprint density at radius 1 is 0.889 bits per heavy atom. The second-order valence-electron chi connectivity index (χ2n) is 7.56. The van der Waals surface area contributed by atoms with Crippen molar-refractivity contribution in [1.82, 2.24) is 10.2 Å². The second kappa shape index (κ2) is 9.91. The van der Waals surface area contributed by atoms with Crippen molar-refractivity contribution in [2.24, 2.45) is 11.8 Å². The molecular formula is C23H30N2O2. The average Bonchev–Trinajstić information content (AvgIpc) is 2.66. The quantitative estimate of drug-likeness (QED) is 0.762. The number of hydrogen-bond donors (Lipinski definition) is 1. The fourth-order valence-electron chi connectivity index (χ4n) is 2.92. The number of nitrogens with zero attached hydrogens (tertiary/aromatic N) is 1. The van der Waals surface area contributed by atoms with Crippen molar-refractivity contribution in [3.8, 4) is 0 Å². The van der Waals surface area contributed by atoms with Crippen LogP contribution in [0.15, 0.2) is 60.7 Å². The molecule has 2 aromatic carbocycles. The SMILES string of the molecule is CC(C)CNC(=O)C(c1ccccc1)N(Cc1ccccc1)C(=O)C(C)C. The highest BCUT2D eigenvalue weighted by Gasteiger charge is 2.32. The molecule has 0 saturated carbocycles. The Labute approximate surface area is 162 Å². The minimum Gasteiger partial charge on any atom is -0.354 e. The molecule has 0 saturated heterocycles. The van der Waals surface area contributed by atoms with Crippen LogP contribution in [0.25, 0.3) is 0 Å². The summed E-state index contributed by atoms with van der Waals surface area (Å²) in [6.45, 7) is 8.82. The van der Waals surface area contributed by atoms with Gasteiger partial charge in [-0.1, -0.05) is 88.4 Å². The molecule has 1 atom stereocenters. The fourth-order valence-corrected chi connectivity index (χ4v) is 2.92. The van der Waals surface area contributed by atoms with Gasteiger partial charge < -0.3 is 10.2 Å². The maximum Gasteiger partial charge on any atom is 0.247 e. The van der Waals surface area contributed by atoms with E-state index in [0.717, 1.165) is 11.1 Å². The van der Waals surface area contributed by atoms with E-state index < -0.39 is 6.04 Å². The zero-order valence-corrected chi connectivity index (χ0v) is 16.7. The molecule has 0 aliphatic heterocycles. The number of nitrogens with one attached hydrogen (secondary N) is 1. The van der Waals surface area contributed by atoms with Gasteiger partial charge >= 0.3 is 0 Å². The number of rotatable bonds is 8. The van der Waals surface area contributed by atoms with Crippen LogP contribution in [-0.2, 0) is 16.1 Å². The normalized spacial score (nSPS) is 12.1. The molecule has 144 valence electrons. The van der Waals surface area contributed by atoms with Crippen molar-refractivity contribution >= 4 is 11.8 Å². The van der Waals surface area contributed by atoms with Crippen LogP contribution in [-0.4, -0.2) is 23.3 Å². The van der Waals surface area contributed by atoms with Crippen molar-refractivity contribution in [3.63, 3.8) is 0 Å². The molecule has 1 N–H and O–H groups in total. The van der Waals surface area contributed by atoms with Crippen LogP contribution < -0.4 is 5.32 Å². The third-order valence-electron chi connectivity index (χ3n) is 4.33. The number of amides is 2. The molecule has 0 radical (unpaired) electrons. The maximum absolute atomic E-state index is 13.1.